The van der Waals surface area contributed by atoms with E-state index in [0.717, 1.165) is 60.5 Å². The number of unbranched alkanes of at least 4 members (excludes halogenated alkanes) is 1. The number of halogens is 1. The highest BCUT2D eigenvalue weighted by Crippen LogP contribution is 2.38. The van der Waals surface area contributed by atoms with Crippen LogP contribution >= 0.6 is 11.6 Å². The van der Waals surface area contributed by atoms with E-state index in [1.807, 2.05) is 72.8 Å². The lowest BCUT2D eigenvalue weighted by Gasteiger charge is -2.17. The van der Waals surface area contributed by atoms with Crippen LogP contribution in [0.25, 0.3) is 16.7 Å². The Bertz CT molecular complexity index is 996. The average molecular weight is 450 g/mol. The second-order valence-electron chi connectivity index (χ2n) is 7.70. The molecule has 0 bridgehead atoms. The van der Waals surface area contributed by atoms with Crippen LogP contribution in [0.1, 0.15) is 37.8 Å². The van der Waals surface area contributed by atoms with E-state index >= 15 is 0 Å². The zero-order valence-corrected chi connectivity index (χ0v) is 19.7. The smallest absolute Gasteiger partial charge is 0.131 e. The minimum Gasteiger partial charge on any atom is -0.507 e. The molecule has 0 aliphatic rings. The van der Waals surface area contributed by atoms with Crippen molar-refractivity contribution in [2.45, 2.75) is 26.7 Å². The molecule has 0 aliphatic heterocycles. The third-order valence-corrected chi connectivity index (χ3v) is 5.94. The maximum Gasteiger partial charge on any atom is 0.131 e. The van der Waals surface area contributed by atoms with Gasteiger partial charge in [0.15, 0.2) is 0 Å². The summed E-state index contributed by atoms with van der Waals surface area (Å²) in [5, 5.41) is 11.0. The molecule has 0 unspecified atom stereocenters. The number of rotatable bonds is 11. The highest BCUT2D eigenvalue weighted by Gasteiger charge is 2.14. The van der Waals surface area contributed by atoms with Gasteiger partial charge in [-0.25, -0.2) is 0 Å². The molecule has 0 amide bonds. The van der Waals surface area contributed by atoms with Gasteiger partial charge in [-0.3, -0.25) is 0 Å². The number of phenols is 1. The molecular formula is C28H32ClNO2. The summed E-state index contributed by atoms with van der Waals surface area (Å²) in [6.07, 6.45) is 2.17. The van der Waals surface area contributed by atoms with Crippen LogP contribution in [-0.4, -0.2) is 36.2 Å². The van der Waals surface area contributed by atoms with Gasteiger partial charge in [-0.15, -0.1) is 0 Å². The van der Waals surface area contributed by atoms with E-state index in [2.05, 4.69) is 18.7 Å². The minimum atomic E-state index is 0.221. The van der Waals surface area contributed by atoms with Gasteiger partial charge < -0.3 is 14.7 Å². The number of phenolic OH excluding ortho intramolecular Hbond substituents is 1. The standard InChI is InChI=1S/C28H32ClNO2/c1-3-30(4-2)19-8-9-20-32-24-17-15-23(16-18-24)27(21-29)26-14-10-13-25(28(26)31)22-11-6-5-7-12-22/h5-7,10-18,21,31H,3-4,8-9,19-20H2,1-2H3/b27-21+. The lowest BCUT2D eigenvalue weighted by atomic mass is 9.94. The fraction of sp³-hybridized carbons (Fsp3) is 0.286. The fourth-order valence-corrected chi connectivity index (χ4v) is 4.03. The Kier molecular flexibility index (Phi) is 9.21. The van der Waals surface area contributed by atoms with Crippen LogP contribution in [0.4, 0.5) is 0 Å². The highest BCUT2D eigenvalue weighted by atomic mass is 35.5. The van der Waals surface area contributed by atoms with E-state index in [-0.39, 0.29) is 5.75 Å². The Labute approximate surface area is 196 Å². The van der Waals surface area contributed by atoms with Gasteiger partial charge in [0.2, 0.25) is 0 Å². The Balaban J connectivity index is 1.66. The maximum atomic E-state index is 11.0. The summed E-state index contributed by atoms with van der Waals surface area (Å²) >= 11 is 6.21. The molecule has 0 saturated heterocycles. The molecule has 0 spiro atoms. The molecule has 3 aromatic carbocycles. The SMILES string of the molecule is CCN(CC)CCCCOc1ccc(/C(=C\Cl)c2cccc(-c3ccccc3)c2O)cc1. The average Bonchev–Trinajstić information content (AvgIpc) is 2.84. The lowest BCUT2D eigenvalue weighted by molar-refractivity contribution is 0.266. The number of hydrogen-bond acceptors (Lipinski definition) is 3. The summed E-state index contributed by atoms with van der Waals surface area (Å²) in [6.45, 7) is 8.41. The van der Waals surface area contributed by atoms with E-state index in [0.29, 0.717) is 12.2 Å². The molecule has 0 aliphatic carbocycles. The van der Waals surface area contributed by atoms with Gasteiger partial charge in [-0.05, 0) is 55.7 Å². The molecule has 4 heteroatoms. The van der Waals surface area contributed by atoms with Crippen LogP contribution in [0.2, 0.25) is 0 Å². The van der Waals surface area contributed by atoms with Gasteiger partial charge >= 0.3 is 0 Å². The van der Waals surface area contributed by atoms with Crippen molar-refractivity contribution in [3.8, 4) is 22.6 Å². The maximum absolute atomic E-state index is 11.0. The predicted octanol–water partition coefficient (Wildman–Crippen LogP) is 7.19. The number of para-hydroxylation sites is 1. The molecule has 0 atom stereocenters. The number of ether oxygens (including phenoxy) is 1. The van der Waals surface area contributed by atoms with Crippen LogP contribution in [0.15, 0.2) is 78.3 Å². The number of hydrogen-bond donors (Lipinski definition) is 1. The zero-order valence-electron chi connectivity index (χ0n) is 18.9. The van der Waals surface area contributed by atoms with E-state index in [4.69, 9.17) is 16.3 Å². The fourth-order valence-electron chi connectivity index (χ4n) is 3.79. The zero-order chi connectivity index (χ0) is 22.8. The first-order chi connectivity index (χ1) is 15.7. The Morgan fingerprint density at radius 1 is 0.906 bits per heavy atom. The largest absolute Gasteiger partial charge is 0.507 e. The predicted molar refractivity (Wildman–Crippen MR) is 135 cm³/mol. The van der Waals surface area contributed by atoms with Crippen molar-refractivity contribution in [3.63, 3.8) is 0 Å². The van der Waals surface area contributed by atoms with Crippen LogP contribution < -0.4 is 4.74 Å². The quantitative estimate of drug-likeness (QED) is 0.314. The Morgan fingerprint density at radius 2 is 1.62 bits per heavy atom. The first-order valence-corrected chi connectivity index (χ1v) is 11.7. The van der Waals surface area contributed by atoms with Crippen LogP contribution in [-0.2, 0) is 0 Å². The van der Waals surface area contributed by atoms with Gasteiger partial charge in [0.25, 0.3) is 0 Å². The van der Waals surface area contributed by atoms with Crippen molar-refractivity contribution in [2.24, 2.45) is 0 Å². The Morgan fingerprint density at radius 3 is 2.28 bits per heavy atom. The second kappa shape index (κ2) is 12.3. The molecule has 0 heterocycles. The van der Waals surface area contributed by atoms with Gasteiger partial charge in [-0.2, -0.15) is 0 Å². The molecule has 0 aromatic heterocycles. The van der Waals surface area contributed by atoms with Crippen LogP contribution in [0.5, 0.6) is 11.5 Å². The van der Waals surface area contributed by atoms with Crippen molar-refractivity contribution in [3.05, 3.63) is 89.5 Å². The summed E-state index contributed by atoms with van der Waals surface area (Å²) in [7, 11) is 0. The molecular weight excluding hydrogens is 418 g/mol. The van der Waals surface area contributed by atoms with E-state index in [9.17, 15) is 5.11 Å². The summed E-state index contributed by atoms with van der Waals surface area (Å²) in [5.74, 6) is 1.06. The molecule has 0 saturated carbocycles. The van der Waals surface area contributed by atoms with Gasteiger partial charge in [0, 0.05) is 22.2 Å². The van der Waals surface area contributed by atoms with Crippen LogP contribution in [0.3, 0.4) is 0 Å². The van der Waals surface area contributed by atoms with Crippen molar-refractivity contribution in [2.75, 3.05) is 26.2 Å². The van der Waals surface area contributed by atoms with Gasteiger partial charge in [0.1, 0.15) is 11.5 Å². The number of nitrogens with zero attached hydrogens (tertiary/aromatic N) is 1. The molecule has 1 N–H and O–H groups in total. The third-order valence-electron chi connectivity index (χ3n) is 5.72. The first kappa shape index (κ1) is 23.9. The number of aromatic hydroxyl groups is 1. The van der Waals surface area contributed by atoms with Crippen LogP contribution in [0, 0.1) is 0 Å². The van der Waals surface area contributed by atoms with Crippen molar-refractivity contribution in [1.29, 1.82) is 0 Å². The van der Waals surface area contributed by atoms with E-state index < -0.39 is 0 Å². The Hall–Kier alpha value is -2.75. The lowest BCUT2D eigenvalue weighted by Crippen LogP contribution is -2.24. The van der Waals surface area contributed by atoms with Gasteiger partial charge in [0.05, 0.1) is 6.61 Å². The molecule has 0 radical (unpaired) electrons. The molecule has 3 rings (SSSR count). The summed E-state index contributed by atoms with van der Waals surface area (Å²) in [4.78, 5) is 2.43. The van der Waals surface area contributed by atoms with Crippen molar-refractivity contribution in [1.82, 2.24) is 4.90 Å². The molecule has 32 heavy (non-hydrogen) atoms. The van der Waals surface area contributed by atoms with E-state index in [1.165, 1.54) is 5.54 Å². The second-order valence-corrected chi connectivity index (χ2v) is 7.92. The highest BCUT2D eigenvalue weighted by molar-refractivity contribution is 6.29. The molecule has 168 valence electrons. The van der Waals surface area contributed by atoms with Crippen molar-refractivity contribution >= 4 is 17.2 Å². The van der Waals surface area contributed by atoms with Crippen molar-refractivity contribution < 1.29 is 9.84 Å². The number of benzene rings is 3. The van der Waals surface area contributed by atoms with E-state index in [1.54, 1.807) is 0 Å². The molecule has 0 fully saturated rings. The molecule has 3 nitrogen and oxygen atoms in total. The first-order valence-electron chi connectivity index (χ1n) is 11.3. The summed E-state index contributed by atoms with van der Waals surface area (Å²) in [5.41, 5.74) is 5.66. The topological polar surface area (TPSA) is 32.7 Å². The minimum absolute atomic E-state index is 0.221. The molecule has 3 aromatic rings. The summed E-state index contributed by atoms with van der Waals surface area (Å²) < 4.78 is 5.91. The summed E-state index contributed by atoms with van der Waals surface area (Å²) in [6, 6.07) is 23.5. The third kappa shape index (κ3) is 6.15. The normalized spacial score (nSPS) is 11.7. The van der Waals surface area contributed by atoms with Gasteiger partial charge in [-0.1, -0.05) is 86.1 Å². The monoisotopic (exact) mass is 449 g/mol.